The van der Waals surface area contributed by atoms with Crippen molar-refractivity contribution in [1.82, 2.24) is 4.98 Å². The quantitative estimate of drug-likeness (QED) is 0.827. The van der Waals surface area contributed by atoms with Crippen LogP contribution in [0.2, 0.25) is 5.02 Å². The molecule has 0 spiro atoms. The lowest BCUT2D eigenvalue weighted by atomic mass is 10.2. The van der Waals surface area contributed by atoms with Gasteiger partial charge in [-0.1, -0.05) is 11.6 Å². The van der Waals surface area contributed by atoms with E-state index in [0.29, 0.717) is 15.9 Å². The van der Waals surface area contributed by atoms with Gasteiger partial charge in [-0.15, -0.1) is 0 Å². The number of anilines is 1. The molecule has 102 valence electrons. The second kappa shape index (κ2) is 6.02. The van der Waals surface area contributed by atoms with E-state index < -0.39 is 11.9 Å². The largest absolute Gasteiger partial charge is 0.478 e. The number of carbonyl (C=O) groups excluding carboxylic acids is 1. The van der Waals surface area contributed by atoms with Crippen molar-refractivity contribution in [2.24, 2.45) is 0 Å². The zero-order chi connectivity index (χ0) is 14.7. The predicted molar refractivity (Wildman–Crippen MR) is 78.3 cm³/mol. The third-order valence-electron chi connectivity index (χ3n) is 2.47. The van der Waals surface area contributed by atoms with Crippen molar-refractivity contribution in [2.75, 3.05) is 5.32 Å². The molecule has 0 unspecified atom stereocenters. The van der Waals surface area contributed by atoms with Gasteiger partial charge in [0.15, 0.2) is 0 Å². The average molecular weight is 356 g/mol. The molecule has 0 aliphatic heterocycles. The molecule has 2 N–H and O–H groups in total. The molecule has 7 heteroatoms. The van der Waals surface area contributed by atoms with Gasteiger partial charge in [-0.3, -0.25) is 4.79 Å². The third-order valence-corrected chi connectivity index (χ3v) is 3.41. The minimum absolute atomic E-state index is 0.0514. The Balaban J connectivity index is 2.25. The van der Waals surface area contributed by atoms with Crippen molar-refractivity contribution in [3.8, 4) is 0 Å². The lowest BCUT2D eigenvalue weighted by molar-refractivity contribution is 0.0696. The van der Waals surface area contributed by atoms with E-state index in [0.717, 1.165) is 0 Å². The average Bonchev–Trinajstić information content (AvgIpc) is 2.41. The predicted octanol–water partition coefficient (Wildman–Crippen LogP) is 3.45. The number of nitrogens with zero attached hydrogens (tertiary/aromatic N) is 1. The number of carbonyl (C=O) groups is 2. The first-order valence-corrected chi connectivity index (χ1v) is 6.61. The molecule has 1 amide bonds. The Hall–Kier alpha value is -1.92. The molecule has 2 rings (SSSR count). The summed E-state index contributed by atoms with van der Waals surface area (Å²) in [7, 11) is 0. The first-order chi connectivity index (χ1) is 9.49. The maximum Gasteiger partial charge on any atom is 0.335 e. The second-order valence-corrected chi connectivity index (χ2v) is 4.95. The van der Waals surface area contributed by atoms with Crippen molar-refractivity contribution in [2.45, 2.75) is 0 Å². The summed E-state index contributed by atoms with van der Waals surface area (Å²) in [5.74, 6) is -1.48. The van der Waals surface area contributed by atoms with Crippen molar-refractivity contribution in [3.05, 3.63) is 57.3 Å². The van der Waals surface area contributed by atoms with Gasteiger partial charge in [-0.05, 0) is 46.3 Å². The number of hydrogen-bond donors (Lipinski definition) is 2. The van der Waals surface area contributed by atoms with E-state index in [1.165, 1.54) is 18.2 Å². The molecule has 5 nitrogen and oxygen atoms in total. The summed E-state index contributed by atoms with van der Waals surface area (Å²) < 4.78 is 0.413. The fourth-order valence-corrected chi connectivity index (χ4v) is 2.15. The van der Waals surface area contributed by atoms with E-state index in [9.17, 15) is 9.59 Å². The summed E-state index contributed by atoms with van der Waals surface area (Å²) in [5.41, 5.74) is 0.735. The molecule has 0 saturated carbocycles. The summed E-state index contributed by atoms with van der Waals surface area (Å²) >= 11 is 9.12. The number of carboxylic acids is 1. The van der Waals surface area contributed by atoms with Gasteiger partial charge < -0.3 is 10.4 Å². The van der Waals surface area contributed by atoms with Crippen LogP contribution >= 0.6 is 27.5 Å². The number of halogens is 2. The fraction of sp³-hybridized carbons (Fsp3) is 0. The van der Waals surface area contributed by atoms with Gasteiger partial charge >= 0.3 is 5.97 Å². The molecule has 1 aromatic carbocycles. The number of aromatic carboxylic acids is 1. The third kappa shape index (κ3) is 3.15. The maximum atomic E-state index is 12.0. The monoisotopic (exact) mass is 354 g/mol. The lowest BCUT2D eigenvalue weighted by Gasteiger charge is -2.08. The molecule has 0 fully saturated rings. The number of pyridine rings is 1. The number of benzene rings is 1. The molecule has 0 radical (unpaired) electrons. The minimum atomic E-state index is -1.08. The summed E-state index contributed by atoms with van der Waals surface area (Å²) in [5, 5.41) is 11.6. The number of rotatable bonds is 3. The Morgan fingerprint density at radius 1 is 1.30 bits per heavy atom. The Morgan fingerprint density at radius 2 is 2.05 bits per heavy atom. The molecular formula is C13H8BrClN2O3. The summed E-state index contributed by atoms with van der Waals surface area (Å²) in [6.07, 6.45) is 1.55. The van der Waals surface area contributed by atoms with Crippen molar-refractivity contribution in [3.63, 3.8) is 0 Å². The highest BCUT2D eigenvalue weighted by Crippen LogP contribution is 2.24. The van der Waals surface area contributed by atoms with Crippen LogP contribution in [0.25, 0.3) is 0 Å². The van der Waals surface area contributed by atoms with Crippen LogP contribution < -0.4 is 5.32 Å². The highest BCUT2D eigenvalue weighted by molar-refractivity contribution is 9.10. The van der Waals surface area contributed by atoms with Gasteiger partial charge in [-0.25, -0.2) is 9.78 Å². The summed E-state index contributed by atoms with van der Waals surface area (Å²) in [4.78, 5) is 26.8. The summed E-state index contributed by atoms with van der Waals surface area (Å²) in [6.45, 7) is 0. The van der Waals surface area contributed by atoms with E-state index in [1.807, 2.05) is 0 Å². The van der Waals surface area contributed by atoms with Gasteiger partial charge in [-0.2, -0.15) is 0 Å². The van der Waals surface area contributed by atoms with Crippen LogP contribution in [0.1, 0.15) is 20.7 Å². The van der Waals surface area contributed by atoms with Gasteiger partial charge in [0.25, 0.3) is 5.91 Å². The van der Waals surface area contributed by atoms with Crippen molar-refractivity contribution >= 4 is 45.1 Å². The number of hydrogen-bond acceptors (Lipinski definition) is 3. The number of aromatic nitrogens is 1. The highest BCUT2D eigenvalue weighted by atomic mass is 79.9. The molecule has 0 atom stereocenters. The number of amides is 1. The van der Waals surface area contributed by atoms with Crippen molar-refractivity contribution < 1.29 is 14.7 Å². The molecule has 20 heavy (non-hydrogen) atoms. The standard InChI is InChI=1S/C13H8BrClN2O3/c14-11-8(2-1-5-16-11)12(18)17-10-4-3-7(13(19)20)6-9(10)15/h1-6H,(H,17,18)(H,19,20). The molecule has 0 bridgehead atoms. The van der Waals surface area contributed by atoms with E-state index in [2.05, 4.69) is 26.2 Å². The Labute approximate surface area is 127 Å². The van der Waals surface area contributed by atoms with Gasteiger partial charge in [0, 0.05) is 6.20 Å². The van der Waals surface area contributed by atoms with Crippen LogP contribution in [0.15, 0.2) is 41.1 Å². The van der Waals surface area contributed by atoms with Gasteiger partial charge in [0.2, 0.25) is 0 Å². The zero-order valence-corrected chi connectivity index (χ0v) is 12.3. The van der Waals surface area contributed by atoms with Crippen LogP contribution in [-0.2, 0) is 0 Å². The molecule has 0 aliphatic rings. The van der Waals surface area contributed by atoms with Crippen LogP contribution in [0.3, 0.4) is 0 Å². The zero-order valence-electron chi connectivity index (χ0n) is 9.93. The second-order valence-electron chi connectivity index (χ2n) is 3.80. The van der Waals surface area contributed by atoms with E-state index in [-0.39, 0.29) is 10.6 Å². The molecule has 0 aliphatic carbocycles. The Morgan fingerprint density at radius 3 is 2.65 bits per heavy atom. The summed E-state index contributed by atoms with van der Waals surface area (Å²) in [6, 6.07) is 7.31. The SMILES string of the molecule is O=C(O)c1ccc(NC(=O)c2cccnc2Br)c(Cl)c1. The molecular weight excluding hydrogens is 348 g/mol. The normalized spacial score (nSPS) is 10.1. The smallest absolute Gasteiger partial charge is 0.335 e. The highest BCUT2D eigenvalue weighted by Gasteiger charge is 2.13. The molecule has 2 aromatic rings. The number of nitrogens with one attached hydrogen (secondary N) is 1. The lowest BCUT2D eigenvalue weighted by Crippen LogP contribution is -2.13. The Kier molecular flexibility index (Phi) is 4.36. The van der Waals surface area contributed by atoms with Crippen molar-refractivity contribution in [1.29, 1.82) is 0 Å². The van der Waals surface area contributed by atoms with Crippen LogP contribution in [0, 0.1) is 0 Å². The van der Waals surface area contributed by atoms with Crippen LogP contribution in [0.4, 0.5) is 5.69 Å². The van der Waals surface area contributed by atoms with Gasteiger partial charge in [0.05, 0.1) is 21.8 Å². The van der Waals surface area contributed by atoms with E-state index in [4.69, 9.17) is 16.7 Å². The molecule has 1 heterocycles. The van der Waals surface area contributed by atoms with E-state index in [1.54, 1.807) is 18.3 Å². The first-order valence-electron chi connectivity index (χ1n) is 5.44. The molecule has 1 aromatic heterocycles. The number of carboxylic acid groups (broad SMARTS) is 1. The molecule has 0 saturated heterocycles. The minimum Gasteiger partial charge on any atom is -0.478 e. The van der Waals surface area contributed by atoms with E-state index >= 15 is 0 Å². The fourth-order valence-electron chi connectivity index (χ4n) is 1.49. The van der Waals surface area contributed by atoms with Crippen LogP contribution in [-0.4, -0.2) is 22.0 Å². The maximum absolute atomic E-state index is 12.0. The Bertz CT molecular complexity index is 691. The first kappa shape index (κ1) is 14.5. The van der Waals surface area contributed by atoms with Gasteiger partial charge in [0.1, 0.15) is 4.60 Å². The topological polar surface area (TPSA) is 79.3 Å². The van der Waals surface area contributed by atoms with Crippen LogP contribution in [0.5, 0.6) is 0 Å².